The Morgan fingerprint density at radius 1 is 0.898 bits per heavy atom. The Morgan fingerprint density at radius 2 is 1.59 bits per heavy atom. The quantitative estimate of drug-likeness (QED) is 0.271. The van der Waals surface area contributed by atoms with Gasteiger partial charge >= 0.3 is 0 Å². The van der Waals surface area contributed by atoms with Crippen molar-refractivity contribution >= 4 is 39.9 Å². The highest BCUT2D eigenvalue weighted by Gasteiger charge is 2.37. The van der Waals surface area contributed by atoms with Gasteiger partial charge in [0.2, 0.25) is 5.91 Å². The number of nitrogens with one attached hydrogen (secondary N) is 2. The first-order valence-electron chi connectivity index (χ1n) is 18.8. The molecule has 0 spiro atoms. The number of hydrogen-bond donors (Lipinski definition) is 2. The molecule has 270 valence electrons. The second kappa shape index (κ2) is 19.2. The molecule has 2 N–H and O–H groups in total. The number of carbonyl (C=O) groups is 5. The number of ketones is 4. The first-order valence-corrected chi connectivity index (χ1v) is 18.8. The number of carbonyl (C=O) groups excluding carboxylic acids is 5. The van der Waals surface area contributed by atoms with Crippen molar-refractivity contribution in [3.8, 4) is 0 Å². The summed E-state index contributed by atoms with van der Waals surface area (Å²) < 4.78 is 0. The molecule has 0 fully saturated rings. The molecule has 1 aromatic heterocycles. The van der Waals surface area contributed by atoms with Crippen molar-refractivity contribution in [1.82, 2.24) is 10.3 Å². The molecule has 0 bridgehead atoms. The van der Waals surface area contributed by atoms with Gasteiger partial charge in [-0.05, 0) is 96.1 Å². The molecule has 0 aliphatic carbocycles. The molecule has 0 saturated heterocycles. The summed E-state index contributed by atoms with van der Waals surface area (Å²) in [4.78, 5) is 70.8. The van der Waals surface area contributed by atoms with E-state index in [0.717, 1.165) is 67.8 Å². The van der Waals surface area contributed by atoms with E-state index in [2.05, 4.69) is 36.3 Å². The van der Waals surface area contributed by atoms with E-state index in [-0.39, 0.29) is 48.3 Å². The van der Waals surface area contributed by atoms with Crippen molar-refractivity contribution in [3.05, 3.63) is 48.2 Å². The van der Waals surface area contributed by atoms with Crippen LogP contribution >= 0.6 is 0 Å². The summed E-state index contributed by atoms with van der Waals surface area (Å²) in [7, 11) is 0. The molecule has 0 unspecified atom stereocenters. The molecule has 7 nitrogen and oxygen atoms in total. The normalized spacial score (nSPS) is 26.9. The Labute approximate surface area is 294 Å². The zero-order valence-corrected chi connectivity index (χ0v) is 31.1. The number of fused-ring (bicyclic) bond motifs is 1. The highest BCUT2D eigenvalue weighted by atomic mass is 16.2. The summed E-state index contributed by atoms with van der Waals surface area (Å²) in [6.07, 6.45) is 16.6. The van der Waals surface area contributed by atoms with Crippen LogP contribution in [0.1, 0.15) is 143 Å². The van der Waals surface area contributed by atoms with E-state index in [9.17, 15) is 24.0 Å². The lowest BCUT2D eigenvalue weighted by molar-refractivity contribution is -0.136. The Kier molecular flexibility index (Phi) is 15.7. The number of allylic oxidation sites excluding steroid dienone is 2. The summed E-state index contributed by atoms with van der Waals surface area (Å²) in [5.74, 6) is -0.930. The zero-order chi connectivity index (χ0) is 36.0. The number of aromatic nitrogens is 1. The monoisotopic (exact) mass is 674 g/mol. The largest absolute Gasteiger partial charge is 0.361 e. The third-order valence-corrected chi connectivity index (χ3v) is 10.8. The van der Waals surface area contributed by atoms with Gasteiger partial charge in [0.15, 0.2) is 5.78 Å². The van der Waals surface area contributed by atoms with Gasteiger partial charge in [0, 0.05) is 53.6 Å². The number of rotatable bonds is 8. The minimum atomic E-state index is -0.965. The second-order valence-corrected chi connectivity index (χ2v) is 15.7. The number of Topliss-reactive ketones (excluding diaryl/α,β-unsaturated/α-hetero) is 4. The van der Waals surface area contributed by atoms with Crippen LogP contribution in [0.4, 0.5) is 0 Å². The lowest BCUT2D eigenvalue weighted by atomic mass is 9.72. The summed E-state index contributed by atoms with van der Waals surface area (Å²) >= 11 is 0. The summed E-state index contributed by atoms with van der Waals surface area (Å²) in [5, 5.41) is 4.14. The highest BCUT2D eigenvalue weighted by molar-refractivity contribution is 5.95. The molecule has 0 saturated carbocycles. The fraction of sp³-hybridized carbons (Fsp3) is 0.643. The van der Waals surface area contributed by atoms with Gasteiger partial charge in [-0.2, -0.15) is 0 Å². The third-order valence-electron chi connectivity index (χ3n) is 10.8. The van der Waals surface area contributed by atoms with Crippen molar-refractivity contribution < 1.29 is 24.0 Å². The summed E-state index contributed by atoms with van der Waals surface area (Å²) in [6, 6.07) is 7.95. The molecule has 4 atom stereocenters. The predicted octanol–water partition coefficient (Wildman–Crippen LogP) is 9.22. The van der Waals surface area contributed by atoms with Crippen LogP contribution in [-0.2, 0) is 30.4 Å². The molecule has 1 aliphatic rings. The Morgan fingerprint density at radius 3 is 2.29 bits per heavy atom. The third kappa shape index (κ3) is 12.5. The molecular formula is C42H62N2O5. The second-order valence-electron chi connectivity index (χ2n) is 15.7. The topological polar surface area (TPSA) is 113 Å². The first kappa shape index (κ1) is 40.1. The maximum absolute atomic E-state index is 14.2. The standard InChI is InChI=1S/C42H62N2O5/c1-30(2)20-21-33-22-23-38(47)34(26-35-29-43-37-19-15-14-18-36(35)37)27-39(48)41(5,28-31(3)45)24-16-12-10-8-7-9-11-13-17-25-42(6,32(4)46)44-40(33)49/h9,11,14-15,18-19,29-30,33-34,43H,7-8,10,12-13,16-17,20-28H2,1-6H3,(H,44,49)/b11-9-/t33-,34-,41+,42+/m1/s1. The van der Waals surface area contributed by atoms with Crippen molar-refractivity contribution in [1.29, 1.82) is 0 Å². The molecule has 1 aliphatic heterocycles. The van der Waals surface area contributed by atoms with Crippen molar-refractivity contribution in [2.75, 3.05) is 0 Å². The fourth-order valence-electron chi connectivity index (χ4n) is 7.31. The van der Waals surface area contributed by atoms with Gasteiger partial charge < -0.3 is 10.3 Å². The predicted molar refractivity (Wildman–Crippen MR) is 198 cm³/mol. The van der Waals surface area contributed by atoms with E-state index in [1.165, 1.54) is 0 Å². The van der Waals surface area contributed by atoms with Crippen LogP contribution in [0.25, 0.3) is 10.9 Å². The van der Waals surface area contributed by atoms with Crippen LogP contribution in [0.2, 0.25) is 0 Å². The number of para-hydroxylation sites is 1. The summed E-state index contributed by atoms with van der Waals surface area (Å²) in [6.45, 7) is 11.0. The smallest absolute Gasteiger partial charge is 0.223 e. The first-order chi connectivity index (χ1) is 23.2. The van der Waals surface area contributed by atoms with Crippen molar-refractivity contribution in [2.45, 2.75) is 150 Å². The molecule has 3 rings (SSSR count). The molecule has 7 heteroatoms. The fourth-order valence-corrected chi connectivity index (χ4v) is 7.31. The minimum absolute atomic E-state index is 0.0153. The number of aromatic amines is 1. The Hall–Kier alpha value is -3.35. The zero-order valence-electron chi connectivity index (χ0n) is 31.1. The van der Waals surface area contributed by atoms with Gasteiger partial charge in [0.1, 0.15) is 17.3 Å². The van der Waals surface area contributed by atoms with Crippen molar-refractivity contribution in [3.63, 3.8) is 0 Å². The molecule has 2 aromatic rings. The SMILES string of the molecule is CC(=O)C[C@]1(C)CCCCCC/C=C\CCC[C@@](C)(C(C)=O)NC(=O)[C@H](CCC(C)C)CCC(=O)[C@H](Cc2c[nH]c3ccccc23)CC1=O. The van der Waals surface area contributed by atoms with E-state index < -0.39 is 22.8 Å². The van der Waals surface area contributed by atoms with Crippen LogP contribution < -0.4 is 5.32 Å². The van der Waals surface area contributed by atoms with Crippen LogP contribution in [0.5, 0.6) is 0 Å². The van der Waals surface area contributed by atoms with Crippen LogP contribution in [-0.4, -0.2) is 39.6 Å². The van der Waals surface area contributed by atoms with E-state index in [1.54, 1.807) is 13.8 Å². The van der Waals surface area contributed by atoms with Crippen LogP contribution in [0.3, 0.4) is 0 Å². The van der Waals surface area contributed by atoms with Gasteiger partial charge in [-0.3, -0.25) is 24.0 Å². The average Bonchev–Trinajstić information content (AvgIpc) is 3.44. The molecule has 49 heavy (non-hydrogen) atoms. The van der Waals surface area contributed by atoms with Gasteiger partial charge in [0.05, 0.1) is 5.54 Å². The number of H-pyrrole nitrogens is 1. The molecule has 1 amide bonds. The van der Waals surface area contributed by atoms with Crippen molar-refractivity contribution in [2.24, 2.45) is 23.2 Å². The van der Waals surface area contributed by atoms with E-state index in [4.69, 9.17) is 0 Å². The Balaban J connectivity index is 1.95. The lowest BCUT2D eigenvalue weighted by Gasteiger charge is -2.31. The van der Waals surface area contributed by atoms with Gasteiger partial charge in [-0.1, -0.05) is 76.8 Å². The van der Waals surface area contributed by atoms with E-state index in [0.29, 0.717) is 38.0 Å². The summed E-state index contributed by atoms with van der Waals surface area (Å²) in [5.41, 5.74) is 0.175. The number of amides is 1. The van der Waals surface area contributed by atoms with Gasteiger partial charge in [-0.25, -0.2) is 0 Å². The van der Waals surface area contributed by atoms with Crippen LogP contribution in [0, 0.1) is 23.2 Å². The van der Waals surface area contributed by atoms with E-state index >= 15 is 0 Å². The number of benzene rings is 1. The minimum Gasteiger partial charge on any atom is -0.361 e. The Bertz CT molecular complexity index is 1450. The maximum Gasteiger partial charge on any atom is 0.223 e. The molecular weight excluding hydrogens is 612 g/mol. The molecule has 1 aromatic carbocycles. The van der Waals surface area contributed by atoms with Gasteiger partial charge in [-0.15, -0.1) is 0 Å². The average molecular weight is 675 g/mol. The van der Waals surface area contributed by atoms with Gasteiger partial charge in [0.25, 0.3) is 0 Å². The molecule has 2 heterocycles. The van der Waals surface area contributed by atoms with E-state index in [1.807, 2.05) is 44.3 Å². The number of hydrogen-bond acceptors (Lipinski definition) is 5. The lowest BCUT2D eigenvalue weighted by Crippen LogP contribution is -2.53. The maximum atomic E-state index is 14.2. The molecule has 0 radical (unpaired) electrons. The highest BCUT2D eigenvalue weighted by Crippen LogP contribution is 2.35. The van der Waals surface area contributed by atoms with Crippen LogP contribution in [0.15, 0.2) is 42.6 Å².